The minimum absolute atomic E-state index is 0. The Morgan fingerprint density at radius 1 is 1.67 bits per heavy atom. The monoisotopic (exact) mass is 344 g/mol. The van der Waals surface area contributed by atoms with Crippen LogP contribution in [-0.2, 0) is 18.6 Å². The van der Waals surface area contributed by atoms with Gasteiger partial charge in [0.1, 0.15) is 0 Å². The summed E-state index contributed by atoms with van der Waals surface area (Å²) in [6, 6.07) is 0. The fourth-order valence-electron chi connectivity index (χ4n) is 0. The van der Waals surface area contributed by atoms with E-state index in [4.69, 9.17) is 0 Å². The van der Waals surface area contributed by atoms with Gasteiger partial charge in [-0.2, -0.15) is 0 Å². The Kier molecular flexibility index (Phi) is 42.4. The molecule has 3 heteroatoms. The average Bonchev–Trinajstić information content (AvgIpc) is 1.37. The average molecular weight is 344 g/mol. The first-order chi connectivity index (χ1) is 1.91. The second kappa shape index (κ2) is 16.2. The van der Waals surface area contributed by atoms with Gasteiger partial charge in [-0.3, -0.25) is 0 Å². The SMILES string of the molecule is [CH-]=NC[CH2-].[U].[V]. The van der Waals surface area contributed by atoms with Crippen molar-refractivity contribution in [3.63, 3.8) is 0 Å². The van der Waals surface area contributed by atoms with Gasteiger partial charge in [-0.25, -0.2) is 0 Å². The van der Waals surface area contributed by atoms with E-state index in [-0.39, 0.29) is 49.7 Å². The van der Waals surface area contributed by atoms with Crippen LogP contribution in [0.4, 0.5) is 0 Å². The molecule has 0 rings (SSSR count). The molecule has 0 atom stereocenters. The van der Waals surface area contributed by atoms with Crippen LogP contribution in [0, 0.1) is 38.0 Å². The van der Waals surface area contributed by atoms with E-state index in [9.17, 15) is 0 Å². The summed E-state index contributed by atoms with van der Waals surface area (Å²) in [5, 5.41) is 0. The minimum Gasteiger partial charge on any atom is -0.536 e. The Bertz CT molecular complexity index is 24.8. The van der Waals surface area contributed by atoms with Gasteiger partial charge in [0.2, 0.25) is 0 Å². The molecule has 0 unspecified atom stereocenters. The molecule has 0 bridgehead atoms. The Hall–Kier alpha value is 1.31. The zero-order valence-corrected chi connectivity index (χ0v) is 8.95. The molecule has 0 aromatic rings. The van der Waals surface area contributed by atoms with Crippen molar-refractivity contribution in [3.05, 3.63) is 6.92 Å². The van der Waals surface area contributed by atoms with Gasteiger partial charge >= 0.3 is 0 Å². The zero-order valence-electron chi connectivity index (χ0n) is 3.39. The van der Waals surface area contributed by atoms with Gasteiger partial charge in [0.15, 0.2) is 0 Å². The van der Waals surface area contributed by atoms with Crippen molar-refractivity contribution >= 4 is 6.72 Å². The zero-order chi connectivity index (χ0) is 3.41. The van der Waals surface area contributed by atoms with Crippen LogP contribution in [0.3, 0.4) is 0 Å². The third kappa shape index (κ3) is 18.5. The third-order valence-corrected chi connectivity index (χ3v) is 0.129. The molecule has 0 aromatic carbocycles. The Morgan fingerprint density at radius 2 is 1.83 bits per heavy atom. The summed E-state index contributed by atoms with van der Waals surface area (Å²) in [6.07, 6.45) is 0. The van der Waals surface area contributed by atoms with Crippen LogP contribution in [0.15, 0.2) is 4.99 Å². The first-order valence-electron chi connectivity index (χ1n) is 1.07. The smallest absolute Gasteiger partial charge is 0 e. The van der Waals surface area contributed by atoms with E-state index in [0.29, 0.717) is 6.54 Å². The summed E-state index contributed by atoms with van der Waals surface area (Å²) >= 11 is 0. The molecule has 1 nitrogen and oxygen atoms in total. The molecule has 0 saturated carbocycles. The van der Waals surface area contributed by atoms with Gasteiger partial charge in [-0.1, -0.05) is 0 Å². The maximum Gasteiger partial charge on any atom is 0 e. The fourth-order valence-corrected chi connectivity index (χ4v) is 0. The molecule has 0 aliphatic rings. The van der Waals surface area contributed by atoms with E-state index in [2.05, 4.69) is 18.6 Å². The summed E-state index contributed by atoms with van der Waals surface area (Å²) in [4.78, 5) is 3.12. The second-order valence-corrected chi connectivity index (χ2v) is 0.406. The standard InChI is InChI=1S/C3H5N.U.V/c1-3-4-2;;/h2H,1,3H2;;/q-2;;. The van der Waals surface area contributed by atoms with Gasteiger partial charge in [0, 0.05) is 49.7 Å². The maximum atomic E-state index is 4.59. The van der Waals surface area contributed by atoms with Gasteiger partial charge in [-0.15, -0.1) is 6.54 Å². The molecule has 6 heavy (non-hydrogen) atoms. The molecule has 0 aliphatic carbocycles. The molecular formula is C3H5NUV-2. The van der Waals surface area contributed by atoms with Crippen LogP contribution in [0.2, 0.25) is 0 Å². The number of rotatable bonds is 1. The molecule has 0 amide bonds. The number of hydrogen-bond donors (Lipinski definition) is 0. The van der Waals surface area contributed by atoms with Crippen LogP contribution < -0.4 is 0 Å². The molecule has 0 N–H and O–H groups in total. The predicted octanol–water partition coefficient (Wildman–Crippen LogP) is 0.396. The molecule has 33 valence electrons. The quantitative estimate of drug-likeness (QED) is 0.482. The van der Waals surface area contributed by atoms with Gasteiger partial charge < -0.3 is 18.6 Å². The Balaban J connectivity index is -0.0000000450. The van der Waals surface area contributed by atoms with Crippen LogP contribution in [0.25, 0.3) is 0 Å². The third-order valence-electron chi connectivity index (χ3n) is 0.129. The van der Waals surface area contributed by atoms with Gasteiger partial charge in [0.25, 0.3) is 0 Å². The molecule has 0 heterocycles. The largest absolute Gasteiger partial charge is 0.536 e. The second-order valence-electron chi connectivity index (χ2n) is 0.406. The van der Waals surface area contributed by atoms with E-state index >= 15 is 0 Å². The normalized spacial score (nSPS) is 4.17. The van der Waals surface area contributed by atoms with Crippen molar-refractivity contribution in [2.75, 3.05) is 6.54 Å². The molecular weight excluding hydrogens is 339 g/mol. The van der Waals surface area contributed by atoms with E-state index in [1.54, 1.807) is 0 Å². The van der Waals surface area contributed by atoms with Crippen molar-refractivity contribution in [2.24, 2.45) is 4.99 Å². The first kappa shape index (κ1) is 15.7. The van der Waals surface area contributed by atoms with E-state index in [1.807, 2.05) is 0 Å². The van der Waals surface area contributed by atoms with Crippen molar-refractivity contribution in [1.82, 2.24) is 0 Å². The number of hydrogen-bond acceptors (Lipinski definition) is 1. The predicted molar refractivity (Wildman–Crippen MR) is 18.7 cm³/mol. The van der Waals surface area contributed by atoms with Crippen molar-refractivity contribution in [3.8, 4) is 0 Å². The molecule has 0 aliphatic heterocycles. The molecule has 0 spiro atoms. The van der Waals surface area contributed by atoms with Crippen molar-refractivity contribution < 1.29 is 49.7 Å². The van der Waals surface area contributed by atoms with Crippen molar-refractivity contribution in [2.45, 2.75) is 0 Å². The topological polar surface area (TPSA) is 12.4 Å². The molecule has 0 aromatic heterocycles. The van der Waals surface area contributed by atoms with Crippen molar-refractivity contribution in [1.29, 1.82) is 0 Å². The molecule has 1 radical (unpaired) electrons. The summed E-state index contributed by atoms with van der Waals surface area (Å²) in [5.41, 5.74) is 0. The Morgan fingerprint density at radius 3 is 1.83 bits per heavy atom. The number of nitrogens with zero attached hydrogens (tertiary/aromatic N) is 1. The van der Waals surface area contributed by atoms with Crippen LogP contribution in [0.1, 0.15) is 0 Å². The fraction of sp³-hybridized carbons (Fsp3) is 0.333. The van der Waals surface area contributed by atoms with Crippen LogP contribution in [-0.4, -0.2) is 13.3 Å². The summed E-state index contributed by atoms with van der Waals surface area (Å²) in [7, 11) is 0. The van der Waals surface area contributed by atoms with E-state index < -0.39 is 0 Å². The maximum absolute atomic E-state index is 4.59. The number of aliphatic imine (C=N–C) groups is 1. The molecule has 0 fully saturated rings. The van der Waals surface area contributed by atoms with E-state index in [1.165, 1.54) is 0 Å². The summed E-state index contributed by atoms with van der Waals surface area (Å²) in [6.45, 7) is 8.38. The summed E-state index contributed by atoms with van der Waals surface area (Å²) in [5.74, 6) is 0. The van der Waals surface area contributed by atoms with E-state index in [0.717, 1.165) is 0 Å². The van der Waals surface area contributed by atoms with Gasteiger partial charge in [0.05, 0.1) is 0 Å². The summed E-state index contributed by atoms with van der Waals surface area (Å²) < 4.78 is 0. The minimum atomic E-state index is 0. The Labute approximate surface area is 74.3 Å². The van der Waals surface area contributed by atoms with Crippen LogP contribution >= 0.6 is 0 Å². The van der Waals surface area contributed by atoms with Crippen LogP contribution in [0.5, 0.6) is 0 Å². The van der Waals surface area contributed by atoms with Gasteiger partial charge in [-0.05, 0) is 0 Å². The molecule has 0 saturated heterocycles. The first-order valence-corrected chi connectivity index (χ1v) is 1.07.